The van der Waals surface area contributed by atoms with Crippen molar-refractivity contribution in [1.82, 2.24) is 24.4 Å². The molecule has 188 valence electrons. The standard InChI is InChI=1S/C28H28N6O3/c1-19(28(36)33(2)14-15-35)37-25-8-5-7-23-26(25)27(31-18-30-23)32-21-9-10-24-20(16-21)11-13-34(24)17-22-6-3-4-12-29-22/h3-13,16,18-19,35H,14-15,17H2,1-2H3,(H,30,31,32). The molecule has 0 fully saturated rings. The fourth-order valence-corrected chi connectivity index (χ4v) is 4.30. The predicted molar refractivity (Wildman–Crippen MR) is 143 cm³/mol. The molecule has 1 atom stereocenters. The zero-order chi connectivity index (χ0) is 25.8. The molecule has 0 spiro atoms. The van der Waals surface area contributed by atoms with Gasteiger partial charge in [0.2, 0.25) is 0 Å². The van der Waals surface area contributed by atoms with Crippen LogP contribution in [0.4, 0.5) is 11.5 Å². The van der Waals surface area contributed by atoms with E-state index in [1.54, 1.807) is 26.2 Å². The van der Waals surface area contributed by atoms with Gasteiger partial charge in [-0.25, -0.2) is 9.97 Å². The van der Waals surface area contributed by atoms with Gasteiger partial charge in [-0.3, -0.25) is 9.78 Å². The number of amides is 1. The maximum Gasteiger partial charge on any atom is 0.263 e. The van der Waals surface area contributed by atoms with Crippen LogP contribution in [0, 0.1) is 0 Å². The van der Waals surface area contributed by atoms with E-state index < -0.39 is 6.10 Å². The third kappa shape index (κ3) is 5.22. The molecule has 5 rings (SSSR count). The van der Waals surface area contributed by atoms with Crippen molar-refractivity contribution in [2.45, 2.75) is 19.6 Å². The van der Waals surface area contributed by atoms with Gasteiger partial charge in [-0.15, -0.1) is 0 Å². The van der Waals surface area contributed by atoms with Crippen molar-refractivity contribution in [3.63, 3.8) is 0 Å². The molecular weight excluding hydrogens is 468 g/mol. The molecule has 0 radical (unpaired) electrons. The van der Waals surface area contributed by atoms with Gasteiger partial charge in [0.25, 0.3) is 5.91 Å². The van der Waals surface area contributed by atoms with E-state index in [1.165, 1.54) is 11.2 Å². The average Bonchev–Trinajstić information content (AvgIpc) is 3.31. The summed E-state index contributed by atoms with van der Waals surface area (Å²) >= 11 is 0. The molecule has 0 bridgehead atoms. The highest BCUT2D eigenvalue weighted by molar-refractivity contribution is 5.97. The molecule has 1 unspecified atom stereocenters. The number of likely N-dealkylation sites (N-methyl/N-ethyl adjacent to an activating group) is 1. The number of nitrogens with one attached hydrogen (secondary N) is 1. The molecule has 3 aromatic heterocycles. The fourth-order valence-electron chi connectivity index (χ4n) is 4.30. The number of carbonyl (C=O) groups is 1. The minimum atomic E-state index is -0.745. The maximum atomic E-state index is 12.6. The minimum absolute atomic E-state index is 0.109. The molecule has 2 aromatic carbocycles. The van der Waals surface area contributed by atoms with Crippen LogP contribution >= 0.6 is 0 Å². The van der Waals surface area contributed by atoms with Crippen LogP contribution in [0.1, 0.15) is 12.6 Å². The lowest BCUT2D eigenvalue weighted by molar-refractivity contribution is -0.136. The maximum absolute atomic E-state index is 12.6. The number of nitrogens with zero attached hydrogens (tertiary/aromatic N) is 5. The van der Waals surface area contributed by atoms with Crippen molar-refractivity contribution in [2.75, 3.05) is 25.5 Å². The highest BCUT2D eigenvalue weighted by Crippen LogP contribution is 2.33. The number of aliphatic hydroxyl groups is 1. The van der Waals surface area contributed by atoms with Crippen LogP contribution in [0.25, 0.3) is 21.8 Å². The molecule has 2 N–H and O–H groups in total. The van der Waals surface area contributed by atoms with Crippen LogP contribution in [0.15, 0.2) is 79.4 Å². The van der Waals surface area contributed by atoms with Gasteiger partial charge in [0.05, 0.1) is 29.7 Å². The smallest absolute Gasteiger partial charge is 0.263 e. The zero-order valence-corrected chi connectivity index (χ0v) is 20.7. The topological polar surface area (TPSA) is 105 Å². The van der Waals surface area contributed by atoms with E-state index in [9.17, 15) is 4.79 Å². The van der Waals surface area contributed by atoms with E-state index in [0.29, 0.717) is 29.0 Å². The normalized spacial score (nSPS) is 12.0. The molecule has 0 aliphatic heterocycles. The van der Waals surface area contributed by atoms with Crippen LogP contribution in [-0.2, 0) is 11.3 Å². The number of aliphatic hydroxyl groups excluding tert-OH is 1. The lowest BCUT2D eigenvalue weighted by Crippen LogP contribution is -2.39. The number of rotatable bonds is 9. The van der Waals surface area contributed by atoms with Gasteiger partial charge in [0.1, 0.15) is 17.9 Å². The number of hydrogen-bond acceptors (Lipinski definition) is 7. The second-order valence-corrected chi connectivity index (χ2v) is 8.78. The number of benzene rings is 2. The molecule has 0 saturated heterocycles. The fraction of sp³-hybridized carbons (Fsp3) is 0.214. The van der Waals surface area contributed by atoms with Gasteiger partial charge in [-0.2, -0.15) is 0 Å². The summed E-state index contributed by atoms with van der Waals surface area (Å²) in [4.78, 5) is 27.4. The summed E-state index contributed by atoms with van der Waals surface area (Å²) < 4.78 is 8.23. The summed E-state index contributed by atoms with van der Waals surface area (Å²) in [6, 6.07) is 19.6. The summed E-state index contributed by atoms with van der Waals surface area (Å²) in [5.74, 6) is 0.857. The number of ether oxygens (including phenoxy) is 1. The van der Waals surface area contributed by atoms with E-state index in [1.807, 2.05) is 36.4 Å². The quantitative estimate of drug-likeness (QED) is 0.318. The van der Waals surface area contributed by atoms with Crippen molar-refractivity contribution in [2.24, 2.45) is 0 Å². The first-order valence-electron chi connectivity index (χ1n) is 12.1. The molecule has 0 saturated carbocycles. The third-order valence-electron chi connectivity index (χ3n) is 6.18. The van der Waals surface area contributed by atoms with Gasteiger partial charge < -0.3 is 24.6 Å². The van der Waals surface area contributed by atoms with Gasteiger partial charge in [-0.1, -0.05) is 12.1 Å². The van der Waals surface area contributed by atoms with E-state index in [-0.39, 0.29) is 19.1 Å². The third-order valence-corrected chi connectivity index (χ3v) is 6.18. The summed E-state index contributed by atoms with van der Waals surface area (Å²) in [5, 5.41) is 14.3. The Hall–Kier alpha value is -4.50. The molecule has 1 amide bonds. The first kappa shape index (κ1) is 24.2. The van der Waals surface area contributed by atoms with Crippen molar-refractivity contribution in [1.29, 1.82) is 0 Å². The molecule has 9 heteroatoms. The molecule has 0 aliphatic carbocycles. The number of pyridine rings is 1. The molecule has 5 aromatic rings. The zero-order valence-electron chi connectivity index (χ0n) is 20.7. The van der Waals surface area contributed by atoms with Crippen molar-refractivity contribution < 1.29 is 14.6 Å². The monoisotopic (exact) mass is 496 g/mol. The molecule has 3 heterocycles. The van der Waals surface area contributed by atoms with Gasteiger partial charge in [0, 0.05) is 42.6 Å². The second-order valence-electron chi connectivity index (χ2n) is 8.78. The molecule has 37 heavy (non-hydrogen) atoms. The van der Waals surface area contributed by atoms with E-state index in [0.717, 1.165) is 22.3 Å². The Kier molecular flexibility index (Phi) is 6.96. The summed E-state index contributed by atoms with van der Waals surface area (Å²) in [6.07, 6.45) is 4.61. The second kappa shape index (κ2) is 10.6. The van der Waals surface area contributed by atoms with Gasteiger partial charge in [-0.05, 0) is 55.5 Å². The Morgan fingerprint density at radius 1 is 1.11 bits per heavy atom. The van der Waals surface area contributed by atoms with Crippen LogP contribution < -0.4 is 10.1 Å². The van der Waals surface area contributed by atoms with E-state index >= 15 is 0 Å². The van der Waals surface area contributed by atoms with E-state index in [4.69, 9.17) is 9.84 Å². The minimum Gasteiger partial charge on any atom is -0.480 e. The number of fused-ring (bicyclic) bond motifs is 2. The molecular formula is C28H28N6O3. The Labute approximate surface area is 214 Å². The van der Waals surface area contributed by atoms with Gasteiger partial charge >= 0.3 is 0 Å². The number of aromatic nitrogens is 4. The van der Waals surface area contributed by atoms with Crippen LogP contribution in [0.5, 0.6) is 5.75 Å². The first-order chi connectivity index (χ1) is 18.0. The SMILES string of the molecule is CC(Oc1cccc2ncnc(Nc3ccc4c(ccn4Cc4ccccn4)c3)c12)C(=O)N(C)CCO. The van der Waals surface area contributed by atoms with Crippen molar-refractivity contribution >= 4 is 39.2 Å². The largest absolute Gasteiger partial charge is 0.480 e. The summed E-state index contributed by atoms with van der Waals surface area (Å²) in [5.41, 5.74) is 3.66. The van der Waals surface area contributed by atoms with Crippen LogP contribution in [0.3, 0.4) is 0 Å². The summed E-state index contributed by atoms with van der Waals surface area (Å²) in [7, 11) is 1.64. The lowest BCUT2D eigenvalue weighted by Gasteiger charge is -2.22. The molecule has 9 nitrogen and oxygen atoms in total. The predicted octanol–water partition coefficient (Wildman–Crippen LogP) is 3.99. The average molecular weight is 497 g/mol. The first-order valence-corrected chi connectivity index (χ1v) is 12.1. The Balaban J connectivity index is 1.42. The highest BCUT2D eigenvalue weighted by Gasteiger charge is 2.21. The van der Waals surface area contributed by atoms with Crippen LogP contribution in [0.2, 0.25) is 0 Å². The summed E-state index contributed by atoms with van der Waals surface area (Å²) in [6.45, 7) is 2.51. The number of carbonyl (C=O) groups excluding carboxylic acids is 1. The number of anilines is 2. The van der Waals surface area contributed by atoms with Crippen LogP contribution in [-0.4, -0.2) is 61.7 Å². The Bertz CT molecular complexity index is 1530. The van der Waals surface area contributed by atoms with Crippen molar-refractivity contribution in [3.05, 3.63) is 85.1 Å². The Morgan fingerprint density at radius 2 is 2.00 bits per heavy atom. The lowest BCUT2D eigenvalue weighted by atomic mass is 10.2. The number of hydrogen-bond donors (Lipinski definition) is 2. The van der Waals surface area contributed by atoms with Crippen molar-refractivity contribution in [3.8, 4) is 5.75 Å². The molecule has 0 aliphatic rings. The highest BCUT2D eigenvalue weighted by atomic mass is 16.5. The van der Waals surface area contributed by atoms with E-state index in [2.05, 4.69) is 49.2 Å². The Morgan fingerprint density at radius 3 is 2.81 bits per heavy atom. The van der Waals surface area contributed by atoms with Gasteiger partial charge in [0.15, 0.2) is 6.10 Å².